The summed E-state index contributed by atoms with van der Waals surface area (Å²) in [6.45, 7) is 4.04. The zero-order valence-corrected chi connectivity index (χ0v) is 12.0. The lowest BCUT2D eigenvalue weighted by Crippen LogP contribution is -2.30. The van der Waals surface area contributed by atoms with Crippen LogP contribution in [0, 0.1) is 0 Å². The fraction of sp³-hybridized carbons (Fsp3) is 0.214. The van der Waals surface area contributed by atoms with Gasteiger partial charge in [-0.3, -0.25) is 4.98 Å². The summed E-state index contributed by atoms with van der Waals surface area (Å²) in [6, 6.07) is 11.9. The zero-order chi connectivity index (χ0) is 12.8. The predicted molar refractivity (Wildman–Crippen MR) is 76.8 cm³/mol. The smallest absolute Gasteiger partial charge is 0.165 e. The van der Waals surface area contributed by atoms with Crippen molar-refractivity contribution in [3.63, 3.8) is 0 Å². The lowest BCUT2D eigenvalue weighted by molar-refractivity contribution is 0.580. The molecule has 2 nitrogen and oxygen atoms in total. The number of hydrogen-bond donors (Lipinski definition) is 0. The van der Waals surface area contributed by atoms with Gasteiger partial charge < -0.3 is 4.57 Å². The summed E-state index contributed by atoms with van der Waals surface area (Å²) < 4.78 is 13.5. The molecule has 1 aromatic carbocycles. The molecule has 2 heterocycles. The second-order valence-corrected chi connectivity index (χ2v) is 8.98. The van der Waals surface area contributed by atoms with Crippen molar-refractivity contribution in [3.8, 4) is 0 Å². The summed E-state index contributed by atoms with van der Waals surface area (Å²) in [7, 11) is -2.60. The molecule has 1 aliphatic heterocycles. The third-order valence-corrected chi connectivity index (χ3v) is 8.21. The van der Waals surface area contributed by atoms with E-state index in [9.17, 15) is 4.57 Å². The summed E-state index contributed by atoms with van der Waals surface area (Å²) in [5.74, 6) is 0. The van der Waals surface area contributed by atoms with E-state index in [0.29, 0.717) is 0 Å². The number of rotatable bonds is 1. The van der Waals surface area contributed by atoms with Crippen LogP contribution >= 0.6 is 18.9 Å². The molecule has 1 aromatic heterocycles. The van der Waals surface area contributed by atoms with Gasteiger partial charge in [0.15, 0.2) is 7.14 Å². The fourth-order valence-electron chi connectivity index (χ4n) is 2.28. The Labute approximate surface area is 111 Å². The van der Waals surface area contributed by atoms with Gasteiger partial charge >= 0.3 is 0 Å². The number of pyridine rings is 1. The van der Waals surface area contributed by atoms with Gasteiger partial charge in [-0.15, -0.1) is 0 Å². The van der Waals surface area contributed by atoms with E-state index in [1.807, 2.05) is 50.2 Å². The summed E-state index contributed by atoms with van der Waals surface area (Å²) in [4.78, 5) is 6.55. The molecule has 18 heavy (non-hydrogen) atoms. The number of fused-ring (bicyclic) bond motifs is 2. The fourth-order valence-corrected chi connectivity index (χ4v) is 6.84. The average molecular weight is 275 g/mol. The van der Waals surface area contributed by atoms with Crippen molar-refractivity contribution in [2.45, 2.75) is 29.3 Å². The normalized spacial score (nSPS) is 21.5. The largest absolute Gasteiger partial charge is 0.312 e. The first-order chi connectivity index (χ1) is 8.64. The summed E-state index contributed by atoms with van der Waals surface area (Å²) in [5.41, 5.74) is 0.858. The zero-order valence-electron chi connectivity index (χ0n) is 10.3. The van der Waals surface area contributed by atoms with Crippen molar-refractivity contribution < 1.29 is 4.57 Å². The molecule has 3 rings (SSSR count). The van der Waals surface area contributed by atoms with Crippen LogP contribution in [0.25, 0.3) is 0 Å². The molecule has 0 aliphatic carbocycles. The van der Waals surface area contributed by atoms with Gasteiger partial charge in [0.2, 0.25) is 0 Å². The van der Waals surface area contributed by atoms with Gasteiger partial charge in [0.1, 0.15) is 5.44 Å². The number of hydrogen-bond acceptors (Lipinski definition) is 3. The minimum Gasteiger partial charge on any atom is -0.312 e. The molecule has 1 unspecified atom stereocenters. The molecule has 0 amide bonds. The van der Waals surface area contributed by atoms with Crippen LogP contribution in [-0.4, -0.2) is 10.6 Å². The predicted octanol–water partition coefficient (Wildman–Crippen LogP) is 3.27. The molecule has 0 saturated heterocycles. The lowest BCUT2D eigenvalue weighted by atomic mass is 10.4. The Kier molecular flexibility index (Phi) is 2.84. The van der Waals surface area contributed by atoms with Crippen LogP contribution in [0.3, 0.4) is 0 Å². The summed E-state index contributed by atoms with van der Waals surface area (Å²) in [6.07, 6.45) is 1.74. The molecule has 0 bridgehead atoms. The highest BCUT2D eigenvalue weighted by atomic mass is 32.2. The quantitative estimate of drug-likeness (QED) is 0.748. The van der Waals surface area contributed by atoms with E-state index in [0.717, 1.165) is 20.5 Å². The second kappa shape index (κ2) is 4.25. The van der Waals surface area contributed by atoms with E-state index in [2.05, 4.69) is 4.98 Å². The molecule has 0 saturated carbocycles. The Hall–Kier alpha value is -1.05. The van der Waals surface area contributed by atoms with Crippen molar-refractivity contribution in [2.75, 3.05) is 0 Å². The maximum Gasteiger partial charge on any atom is 0.165 e. The van der Waals surface area contributed by atoms with E-state index >= 15 is 0 Å². The maximum absolute atomic E-state index is 13.5. The molecule has 1 aliphatic rings. The van der Waals surface area contributed by atoms with E-state index in [1.54, 1.807) is 18.0 Å². The van der Waals surface area contributed by atoms with Gasteiger partial charge in [0, 0.05) is 27.0 Å². The molecule has 0 spiro atoms. The van der Waals surface area contributed by atoms with Crippen LogP contribution in [0.1, 0.15) is 13.8 Å². The van der Waals surface area contributed by atoms with Gasteiger partial charge in [0.05, 0.1) is 0 Å². The van der Waals surface area contributed by atoms with Crippen molar-refractivity contribution >= 4 is 29.6 Å². The number of aromatic nitrogens is 1. The minimum absolute atomic E-state index is 0.0770. The SMILES string of the molecule is CC(C)P1(=O)c2ccccc2Sc2cccnc21. The van der Waals surface area contributed by atoms with Crippen molar-refractivity contribution in [1.29, 1.82) is 0 Å². The lowest BCUT2D eigenvalue weighted by Gasteiger charge is -2.29. The number of nitrogens with zero attached hydrogens (tertiary/aromatic N) is 1. The molecule has 92 valence electrons. The molecule has 0 radical (unpaired) electrons. The monoisotopic (exact) mass is 275 g/mol. The summed E-state index contributed by atoms with van der Waals surface area (Å²) >= 11 is 1.67. The summed E-state index contributed by atoms with van der Waals surface area (Å²) in [5, 5.41) is 0.969. The van der Waals surface area contributed by atoms with Crippen LogP contribution in [0.2, 0.25) is 0 Å². The first-order valence-electron chi connectivity index (χ1n) is 5.97. The number of benzene rings is 1. The molecule has 4 heteroatoms. The second-order valence-electron chi connectivity index (χ2n) is 4.65. The molecular formula is C14H14NOPS. The van der Waals surface area contributed by atoms with Crippen molar-refractivity contribution in [1.82, 2.24) is 4.98 Å². The Morgan fingerprint density at radius 1 is 1.11 bits per heavy atom. The van der Waals surface area contributed by atoms with E-state index in [4.69, 9.17) is 0 Å². The highest BCUT2D eigenvalue weighted by Gasteiger charge is 2.39. The highest BCUT2D eigenvalue weighted by Crippen LogP contribution is 2.55. The Balaban J connectivity index is 2.35. The third-order valence-electron chi connectivity index (χ3n) is 3.24. The molecule has 1 atom stereocenters. The van der Waals surface area contributed by atoms with Crippen molar-refractivity contribution in [3.05, 3.63) is 42.6 Å². The van der Waals surface area contributed by atoms with Crippen LogP contribution < -0.4 is 10.7 Å². The van der Waals surface area contributed by atoms with Gasteiger partial charge in [-0.2, -0.15) is 0 Å². The van der Waals surface area contributed by atoms with Gasteiger partial charge in [0.25, 0.3) is 0 Å². The maximum atomic E-state index is 13.5. The average Bonchev–Trinajstić information content (AvgIpc) is 2.39. The van der Waals surface area contributed by atoms with E-state index in [-0.39, 0.29) is 5.66 Å². The molecular weight excluding hydrogens is 261 g/mol. The minimum atomic E-state index is -2.60. The van der Waals surface area contributed by atoms with E-state index < -0.39 is 7.14 Å². The third kappa shape index (κ3) is 1.58. The topological polar surface area (TPSA) is 30.0 Å². The van der Waals surface area contributed by atoms with Crippen molar-refractivity contribution in [2.24, 2.45) is 0 Å². The Morgan fingerprint density at radius 2 is 1.83 bits per heavy atom. The van der Waals surface area contributed by atoms with Crippen LogP contribution in [-0.2, 0) is 4.57 Å². The van der Waals surface area contributed by atoms with Crippen LogP contribution in [0.4, 0.5) is 0 Å². The van der Waals surface area contributed by atoms with Gasteiger partial charge in [-0.05, 0) is 24.3 Å². The highest BCUT2D eigenvalue weighted by molar-refractivity contribution is 8.02. The van der Waals surface area contributed by atoms with E-state index in [1.165, 1.54) is 0 Å². The van der Waals surface area contributed by atoms with Crippen LogP contribution in [0.5, 0.6) is 0 Å². The molecule has 0 N–H and O–H groups in total. The Bertz CT molecular complexity index is 604. The van der Waals surface area contributed by atoms with Gasteiger partial charge in [-0.1, -0.05) is 37.7 Å². The molecule has 0 fully saturated rings. The van der Waals surface area contributed by atoms with Crippen LogP contribution in [0.15, 0.2) is 52.4 Å². The molecule has 2 aromatic rings. The Morgan fingerprint density at radius 3 is 2.61 bits per heavy atom. The standard InChI is InChI=1S/C14H14NOPS/c1-10(2)17(16)11-6-3-4-7-12(11)18-13-8-5-9-15-14(13)17/h3-10H,1-2H3. The first-order valence-corrected chi connectivity index (χ1v) is 8.56. The van der Waals surface area contributed by atoms with Gasteiger partial charge in [-0.25, -0.2) is 0 Å². The first kappa shape index (κ1) is 12.0.